The van der Waals surface area contributed by atoms with E-state index in [0.29, 0.717) is 19.0 Å². The Hall–Kier alpha value is -1.30. The zero-order valence-electron chi connectivity index (χ0n) is 10.4. The summed E-state index contributed by atoms with van der Waals surface area (Å²) in [4.78, 5) is 24.3. The number of carbonyl (C=O) groups excluding carboxylic acids is 1. The molecule has 6 heteroatoms. The lowest BCUT2D eigenvalue weighted by Gasteiger charge is -2.17. The summed E-state index contributed by atoms with van der Waals surface area (Å²) in [6.45, 7) is 3.05. The number of carbonyl (C=O) groups is 2. The molecule has 0 aromatic carbocycles. The minimum Gasteiger partial charge on any atom is -0.480 e. The quantitative estimate of drug-likeness (QED) is 0.598. The van der Waals surface area contributed by atoms with E-state index in [1.165, 1.54) is 12.8 Å². The highest BCUT2D eigenvalue weighted by Crippen LogP contribution is 2.24. The minimum absolute atomic E-state index is 0.380. The fraction of sp³-hybridized carbons (Fsp3) is 0.818. The van der Waals surface area contributed by atoms with Crippen molar-refractivity contribution >= 4 is 12.0 Å². The standard InChI is InChI=1S/C11H21N3O3/c1-3-9(10(15)16)13-11(17)12-6-7-14(2)8-4-5-8/h8-9H,3-7H2,1-2H3,(H,15,16)(H2,12,13,17)/t9-/m1/s1. The second kappa shape index (κ2) is 6.44. The summed E-state index contributed by atoms with van der Waals surface area (Å²) in [6, 6.07) is -0.554. The number of hydrogen-bond acceptors (Lipinski definition) is 3. The molecule has 0 aromatic rings. The van der Waals surface area contributed by atoms with Crippen molar-refractivity contribution in [3.05, 3.63) is 0 Å². The number of carboxylic acid groups (broad SMARTS) is 1. The molecule has 0 aromatic heterocycles. The molecular weight excluding hydrogens is 222 g/mol. The molecular formula is C11H21N3O3. The van der Waals surface area contributed by atoms with Gasteiger partial charge in [-0.1, -0.05) is 6.92 Å². The fourth-order valence-corrected chi connectivity index (χ4v) is 1.59. The van der Waals surface area contributed by atoms with Gasteiger partial charge in [0.25, 0.3) is 0 Å². The molecule has 1 atom stereocenters. The van der Waals surface area contributed by atoms with Gasteiger partial charge in [0.15, 0.2) is 0 Å². The van der Waals surface area contributed by atoms with Crippen LogP contribution >= 0.6 is 0 Å². The summed E-state index contributed by atoms with van der Waals surface area (Å²) in [7, 11) is 2.03. The van der Waals surface area contributed by atoms with Crippen LogP contribution in [0.3, 0.4) is 0 Å². The van der Waals surface area contributed by atoms with Gasteiger partial charge in [-0.05, 0) is 26.3 Å². The van der Waals surface area contributed by atoms with Gasteiger partial charge in [0.2, 0.25) is 0 Å². The van der Waals surface area contributed by atoms with Gasteiger partial charge < -0.3 is 20.6 Å². The van der Waals surface area contributed by atoms with Crippen LogP contribution in [0.1, 0.15) is 26.2 Å². The summed E-state index contributed by atoms with van der Waals surface area (Å²) >= 11 is 0. The first kappa shape index (κ1) is 13.8. The van der Waals surface area contributed by atoms with Gasteiger partial charge >= 0.3 is 12.0 Å². The van der Waals surface area contributed by atoms with Crippen molar-refractivity contribution in [2.45, 2.75) is 38.3 Å². The Morgan fingerprint density at radius 1 is 1.47 bits per heavy atom. The Bertz CT molecular complexity index is 279. The third-order valence-electron chi connectivity index (χ3n) is 2.93. The van der Waals surface area contributed by atoms with Crippen LogP contribution in [-0.2, 0) is 4.79 Å². The van der Waals surface area contributed by atoms with E-state index in [2.05, 4.69) is 15.5 Å². The Morgan fingerprint density at radius 2 is 2.12 bits per heavy atom. The second-order valence-electron chi connectivity index (χ2n) is 4.41. The smallest absolute Gasteiger partial charge is 0.326 e. The van der Waals surface area contributed by atoms with E-state index in [-0.39, 0.29) is 0 Å². The first-order chi connectivity index (χ1) is 8.04. The summed E-state index contributed by atoms with van der Waals surface area (Å²) in [5.41, 5.74) is 0. The van der Waals surface area contributed by atoms with E-state index in [1.807, 2.05) is 7.05 Å². The van der Waals surface area contributed by atoms with Crippen LogP contribution in [0.5, 0.6) is 0 Å². The number of nitrogens with one attached hydrogen (secondary N) is 2. The minimum atomic E-state index is -1.00. The molecule has 1 rings (SSSR count). The Kier molecular flexibility index (Phi) is 5.21. The third-order valence-corrected chi connectivity index (χ3v) is 2.93. The third kappa shape index (κ3) is 5.04. The van der Waals surface area contributed by atoms with Gasteiger partial charge in [0, 0.05) is 19.1 Å². The van der Waals surface area contributed by atoms with Gasteiger partial charge in [-0.25, -0.2) is 9.59 Å². The average Bonchev–Trinajstić information content (AvgIpc) is 3.08. The molecule has 0 heterocycles. The van der Waals surface area contributed by atoms with Gasteiger partial charge in [0.05, 0.1) is 0 Å². The Morgan fingerprint density at radius 3 is 2.59 bits per heavy atom. The number of carboxylic acids is 1. The van der Waals surface area contributed by atoms with E-state index < -0.39 is 18.0 Å². The van der Waals surface area contributed by atoms with Crippen molar-refractivity contribution in [2.24, 2.45) is 0 Å². The number of rotatable bonds is 7. The lowest BCUT2D eigenvalue weighted by molar-refractivity contribution is -0.139. The van der Waals surface area contributed by atoms with E-state index >= 15 is 0 Å². The van der Waals surface area contributed by atoms with Crippen LogP contribution < -0.4 is 10.6 Å². The topological polar surface area (TPSA) is 81.7 Å². The van der Waals surface area contributed by atoms with Gasteiger partial charge in [-0.2, -0.15) is 0 Å². The zero-order valence-corrected chi connectivity index (χ0v) is 10.4. The first-order valence-electron chi connectivity index (χ1n) is 6.02. The molecule has 0 unspecified atom stereocenters. The molecule has 98 valence electrons. The summed E-state index contributed by atoms with van der Waals surface area (Å²) in [6.07, 6.45) is 2.85. The molecule has 0 radical (unpaired) electrons. The lowest BCUT2D eigenvalue weighted by Crippen LogP contribution is -2.47. The Balaban J connectivity index is 2.13. The number of urea groups is 1. The van der Waals surface area contributed by atoms with E-state index in [9.17, 15) is 9.59 Å². The lowest BCUT2D eigenvalue weighted by atomic mass is 10.2. The number of amides is 2. The van der Waals surface area contributed by atoms with Gasteiger partial charge in [-0.3, -0.25) is 0 Å². The van der Waals surface area contributed by atoms with Crippen LogP contribution in [0.25, 0.3) is 0 Å². The number of hydrogen-bond donors (Lipinski definition) is 3. The number of aliphatic carboxylic acids is 1. The summed E-state index contributed by atoms with van der Waals surface area (Å²) in [5, 5.41) is 13.8. The Labute approximate surface area is 101 Å². The number of likely N-dealkylation sites (N-methyl/N-ethyl adjacent to an activating group) is 1. The second-order valence-corrected chi connectivity index (χ2v) is 4.41. The van der Waals surface area contributed by atoms with Crippen molar-refractivity contribution < 1.29 is 14.7 Å². The normalized spacial score (nSPS) is 16.6. The molecule has 1 aliphatic rings. The van der Waals surface area contributed by atoms with Crippen molar-refractivity contribution in [3.63, 3.8) is 0 Å². The van der Waals surface area contributed by atoms with E-state index in [1.54, 1.807) is 6.92 Å². The maximum absolute atomic E-state index is 11.4. The van der Waals surface area contributed by atoms with Crippen molar-refractivity contribution in [2.75, 3.05) is 20.1 Å². The molecule has 1 fully saturated rings. The predicted molar refractivity (Wildman–Crippen MR) is 63.9 cm³/mol. The van der Waals surface area contributed by atoms with Crippen LogP contribution in [0.4, 0.5) is 4.79 Å². The first-order valence-corrected chi connectivity index (χ1v) is 6.02. The molecule has 0 spiro atoms. The molecule has 3 N–H and O–H groups in total. The monoisotopic (exact) mass is 243 g/mol. The van der Waals surface area contributed by atoms with Crippen molar-refractivity contribution in [1.29, 1.82) is 0 Å². The SMILES string of the molecule is CC[C@@H](NC(=O)NCCN(C)C1CC1)C(=O)O. The molecule has 1 aliphatic carbocycles. The fourth-order valence-electron chi connectivity index (χ4n) is 1.59. The largest absolute Gasteiger partial charge is 0.480 e. The molecule has 0 bridgehead atoms. The number of nitrogens with zero attached hydrogens (tertiary/aromatic N) is 1. The molecule has 2 amide bonds. The van der Waals surface area contributed by atoms with Crippen LogP contribution in [0.2, 0.25) is 0 Å². The summed E-state index contributed by atoms with van der Waals surface area (Å²) in [5.74, 6) is -1.00. The van der Waals surface area contributed by atoms with Gasteiger partial charge in [0.1, 0.15) is 6.04 Å². The van der Waals surface area contributed by atoms with E-state index in [0.717, 1.165) is 6.54 Å². The van der Waals surface area contributed by atoms with Crippen LogP contribution in [0.15, 0.2) is 0 Å². The molecule has 1 saturated carbocycles. The molecule has 0 saturated heterocycles. The average molecular weight is 243 g/mol. The maximum atomic E-state index is 11.4. The highest BCUT2D eigenvalue weighted by Gasteiger charge is 2.25. The highest BCUT2D eigenvalue weighted by molar-refractivity contribution is 5.82. The highest BCUT2D eigenvalue weighted by atomic mass is 16.4. The zero-order chi connectivity index (χ0) is 12.8. The summed E-state index contributed by atoms with van der Waals surface area (Å²) < 4.78 is 0. The molecule has 0 aliphatic heterocycles. The molecule has 6 nitrogen and oxygen atoms in total. The van der Waals surface area contributed by atoms with Crippen molar-refractivity contribution in [1.82, 2.24) is 15.5 Å². The van der Waals surface area contributed by atoms with Crippen molar-refractivity contribution in [3.8, 4) is 0 Å². The maximum Gasteiger partial charge on any atom is 0.326 e. The molecule has 17 heavy (non-hydrogen) atoms. The van der Waals surface area contributed by atoms with Crippen LogP contribution in [0, 0.1) is 0 Å². The predicted octanol–water partition coefficient (Wildman–Crippen LogP) is 0.243. The van der Waals surface area contributed by atoms with Crippen LogP contribution in [-0.4, -0.2) is 54.2 Å². The van der Waals surface area contributed by atoms with E-state index in [4.69, 9.17) is 5.11 Å². The van der Waals surface area contributed by atoms with Gasteiger partial charge in [-0.15, -0.1) is 0 Å².